The van der Waals surface area contributed by atoms with E-state index in [1.807, 2.05) is 0 Å². The molecule has 10 heteroatoms. The predicted octanol–water partition coefficient (Wildman–Crippen LogP) is 4.79. The van der Waals surface area contributed by atoms with Gasteiger partial charge >= 0.3 is 12.2 Å². The van der Waals surface area contributed by atoms with E-state index in [0.29, 0.717) is 17.2 Å². The summed E-state index contributed by atoms with van der Waals surface area (Å²) in [6, 6.07) is 19.2. The maximum atomic E-state index is 13.6. The van der Waals surface area contributed by atoms with Crippen LogP contribution in [0.2, 0.25) is 5.02 Å². The van der Waals surface area contributed by atoms with Gasteiger partial charge in [0.2, 0.25) is 5.91 Å². The second kappa shape index (κ2) is 8.83. The van der Waals surface area contributed by atoms with E-state index in [0.717, 1.165) is 11.0 Å². The van der Waals surface area contributed by atoms with Crippen molar-refractivity contribution in [2.24, 2.45) is 0 Å². The smallest absolute Gasteiger partial charge is 0.325 e. The van der Waals surface area contributed by atoms with Gasteiger partial charge in [-0.1, -0.05) is 72.3 Å². The Morgan fingerprint density at radius 2 is 1.50 bits per heavy atom. The quantitative estimate of drug-likeness (QED) is 0.508. The first-order valence-corrected chi connectivity index (χ1v) is 10.4. The second-order valence-corrected chi connectivity index (χ2v) is 7.95. The van der Waals surface area contributed by atoms with Gasteiger partial charge in [-0.2, -0.15) is 13.2 Å². The molecule has 4 amide bonds. The normalized spacial score (nSPS) is 15.2. The summed E-state index contributed by atoms with van der Waals surface area (Å²) in [4.78, 5) is 39.7. The fourth-order valence-electron chi connectivity index (χ4n) is 3.82. The summed E-state index contributed by atoms with van der Waals surface area (Å²) in [7, 11) is 0. The molecule has 1 aliphatic rings. The zero-order valence-corrected chi connectivity index (χ0v) is 18.2. The molecule has 34 heavy (non-hydrogen) atoms. The van der Waals surface area contributed by atoms with Gasteiger partial charge in [0.15, 0.2) is 5.54 Å². The Morgan fingerprint density at radius 1 is 0.941 bits per heavy atom. The fraction of sp³-hybridized carbons (Fsp3) is 0.125. The number of imide groups is 1. The van der Waals surface area contributed by atoms with Crippen LogP contribution in [0.4, 0.5) is 23.7 Å². The number of hydrogen-bond acceptors (Lipinski definition) is 3. The minimum atomic E-state index is -4.71. The number of nitrogens with one attached hydrogen (secondary N) is 2. The Labute approximate surface area is 197 Å². The van der Waals surface area contributed by atoms with Gasteiger partial charge in [0, 0.05) is 5.69 Å². The van der Waals surface area contributed by atoms with Crippen molar-refractivity contribution >= 4 is 35.1 Å². The number of alkyl halides is 3. The van der Waals surface area contributed by atoms with Gasteiger partial charge in [0.25, 0.3) is 5.91 Å². The molecule has 174 valence electrons. The summed E-state index contributed by atoms with van der Waals surface area (Å²) in [6.07, 6.45) is -4.71. The van der Waals surface area contributed by atoms with Crippen molar-refractivity contribution in [1.29, 1.82) is 0 Å². The van der Waals surface area contributed by atoms with Gasteiger partial charge in [-0.15, -0.1) is 0 Å². The third-order valence-electron chi connectivity index (χ3n) is 5.38. The monoisotopic (exact) mass is 487 g/mol. The highest BCUT2D eigenvalue weighted by atomic mass is 35.5. The first-order valence-electron chi connectivity index (χ1n) is 10.0. The summed E-state index contributed by atoms with van der Waals surface area (Å²) in [5.74, 6) is -1.53. The maximum Gasteiger partial charge on any atom is 0.417 e. The molecular formula is C24H17ClF3N3O3. The van der Waals surface area contributed by atoms with Crippen LogP contribution >= 0.6 is 11.6 Å². The van der Waals surface area contributed by atoms with Crippen LogP contribution in [0.5, 0.6) is 0 Å². The lowest BCUT2D eigenvalue weighted by Gasteiger charge is -2.28. The van der Waals surface area contributed by atoms with Crippen LogP contribution < -0.4 is 10.6 Å². The molecule has 3 aromatic rings. The molecule has 0 aromatic heterocycles. The molecule has 0 aliphatic carbocycles. The Morgan fingerprint density at radius 3 is 2.03 bits per heavy atom. The van der Waals surface area contributed by atoms with Crippen molar-refractivity contribution in [3.8, 4) is 0 Å². The number of halogens is 4. The molecule has 1 aliphatic heterocycles. The van der Waals surface area contributed by atoms with Gasteiger partial charge in [0.1, 0.15) is 6.54 Å². The average Bonchev–Trinajstić information content (AvgIpc) is 3.06. The van der Waals surface area contributed by atoms with Crippen LogP contribution in [0.25, 0.3) is 0 Å². The Bertz CT molecular complexity index is 1210. The lowest BCUT2D eigenvalue weighted by atomic mass is 9.82. The van der Waals surface area contributed by atoms with E-state index in [2.05, 4.69) is 10.6 Å². The van der Waals surface area contributed by atoms with Gasteiger partial charge in [0.05, 0.1) is 10.6 Å². The minimum absolute atomic E-state index is 0.175. The number of hydrogen-bond donors (Lipinski definition) is 2. The molecule has 1 heterocycles. The summed E-state index contributed by atoms with van der Waals surface area (Å²) in [5.41, 5.74) is -1.85. The maximum absolute atomic E-state index is 13.6. The van der Waals surface area contributed by atoms with Gasteiger partial charge in [-0.25, -0.2) is 4.79 Å². The number of benzene rings is 3. The molecule has 1 saturated heterocycles. The summed E-state index contributed by atoms with van der Waals surface area (Å²) < 4.78 is 39.3. The number of anilines is 1. The SMILES string of the molecule is O=C(CN1C(=O)NC(c2ccccc2)(c2ccccc2)C1=O)Nc1ccc(Cl)c(C(F)(F)F)c1. The van der Waals surface area contributed by atoms with Gasteiger partial charge < -0.3 is 10.6 Å². The van der Waals surface area contributed by atoms with Crippen LogP contribution in [0.1, 0.15) is 16.7 Å². The lowest BCUT2D eigenvalue weighted by Crippen LogP contribution is -2.45. The van der Waals surface area contributed by atoms with E-state index in [1.54, 1.807) is 60.7 Å². The van der Waals surface area contributed by atoms with Gasteiger partial charge in [-0.3, -0.25) is 14.5 Å². The molecule has 3 aromatic carbocycles. The molecule has 1 fully saturated rings. The standard InChI is InChI=1S/C24H17ClF3N3O3/c25-19-12-11-17(13-18(19)24(26,27)28)29-20(32)14-31-21(33)23(30-22(31)34,15-7-3-1-4-8-15)16-9-5-2-6-10-16/h1-13H,14H2,(H,29,32)(H,30,34). The molecule has 0 radical (unpaired) electrons. The van der Waals surface area contributed by atoms with Crippen molar-refractivity contribution in [3.05, 3.63) is 101 Å². The zero-order chi connectivity index (χ0) is 24.5. The number of carbonyl (C=O) groups is 3. The molecule has 0 bridgehead atoms. The lowest BCUT2D eigenvalue weighted by molar-refractivity contribution is -0.137. The third kappa shape index (κ3) is 4.22. The van der Waals surface area contributed by atoms with Crippen LogP contribution in [0.3, 0.4) is 0 Å². The van der Waals surface area contributed by atoms with E-state index in [4.69, 9.17) is 11.6 Å². The largest absolute Gasteiger partial charge is 0.417 e. The van der Waals surface area contributed by atoms with E-state index in [1.165, 1.54) is 6.07 Å². The third-order valence-corrected chi connectivity index (χ3v) is 5.71. The Hall–Kier alpha value is -3.85. The number of carbonyl (C=O) groups excluding carboxylic acids is 3. The topological polar surface area (TPSA) is 78.5 Å². The minimum Gasteiger partial charge on any atom is -0.325 e. The van der Waals surface area contributed by atoms with Crippen LogP contribution in [-0.2, 0) is 21.3 Å². The number of amides is 4. The molecular weight excluding hydrogens is 471 g/mol. The van der Waals surface area contributed by atoms with E-state index >= 15 is 0 Å². The van der Waals surface area contributed by atoms with Crippen LogP contribution in [-0.4, -0.2) is 29.3 Å². The van der Waals surface area contributed by atoms with E-state index in [-0.39, 0.29) is 5.69 Å². The molecule has 0 atom stereocenters. The van der Waals surface area contributed by atoms with Gasteiger partial charge in [-0.05, 0) is 29.3 Å². The zero-order valence-electron chi connectivity index (χ0n) is 17.4. The average molecular weight is 488 g/mol. The summed E-state index contributed by atoms with van der Waals surface area (Å²) >= 11 is 5.60. The van der Waals surface area contributed by atoms with Crippen molar-refractivity contribution in [1.82, 2.24) is 10.2 Å². The molecule has 4 rings (SSSR count). The molecule has 0 saturated carbocycles. The van der Waals surface area contributed by atoms with E-state index < -0.39 is 46.7 Å². The molecule has 0 unspecified atom stereocenters. The summed E-state index contributed by atoms with van der Waals surface area (Å²) in [5, 5.41) is 4.46. The number of nitrogens with zero attached hydrogens (tertiary/aromatic N) is 1. The van der Waals surface area contributed by atoms with Crippen molar-refractivity contribution in [3.63, 3.8) is 0 Å². The second-order valence-electron chi connectivity index (χ2n) is 7.54. The highest BCUT2D eigenvalue weighted by Crippen LogP contribution is 2.37. The Balaban J connectivity index is 1.61. The molecule has 2 N–H and O–H groups in total. The van der Waals surface area contributed by atoms with E-state index in [9.17, 15) is 27.6 Å². The fourth-order valence-corrected chi connectivity index (χ4v) is 4.04. The number of urea groups is 1. The first kappa shape index (κ1) is 23.3. The van der Waals surface area contributed by atoms with Crippen molar-refractivity contribution in [2.45, 2.75) is 11.7 Å². The highest BCUT2D eigenvalue weighted by Gasteiger charge is 2.54. The predicted molar refractivity (Wildman–Crippen MR) is 119 cm³/mol. The molecule has 6 nitrogen and oxygen atoms in total. The van der Waals surface area contributed by atoms with Crippen molar-refractivity contribution < 1.29 is 27.6 Å². The van der Waals surface area contributed by atoms with Crippen LogP contribution in [0, 0.1) is 0 Å². The summed E-state index contributed by atoms with van der Waals surface area (Å²) in [6.45, 7) is -0.698. The number of rotatable bonds is 5. The van der Waals surface area contributed by atoms with Crippen LogP contribution in [0.15, 0.2) is 78.9 Å². The van der Waals surface area contributed by atoms with Crippen molar-refractivity contribution in [2.75, 3.05) is 11.9 Å². The first-order chi connectivity index (χ1) is 16.1. The Kier molecular flexibility index (Phi) is 6.05. The molecule has 0 spiro atoms. The highest BCUT2D eigenvalue weighted by molar-refractivity contribution is 6.31.